The van der Waals surface area contributed by atoms with Crippen LogP contribution in [0.1, 0.15) is 70.6 Å². The highest BCUT2D eigenvalue weighted by atomic mass is 127. The number of hydrogen-bond acceptors (Lipinski definition) is 3. The van der Waals surface area contributed by atoms with Gasteiger partial charge in [0.05, 0.1) is 6.10 Å². The number of nitrogens with zero attached hydrogens (tertiary/aromatic N) is 2. The van der Waals surface area contributed by atoms with E-state index in [2.05, 4.69) is 34.6 Å². The van der Waals surface area contributed by atoms with E-state index in [9.17, 15) is 0 Å². The highest BCUT2D eigenvalue weighted by molar-refractivity contribution is 14.0. The van der Waals surface area contributed by atoms with E-state index in [4.69, 9.17) is 4.74 Å². The molecule has 0 unspecified atom stereocenters. The number of guanidine groups is 1. The molecule has 26 heavy (non-hydrogen) atoms. The van der Waals surface area contributed by atoms with E-state index < -0.39 is 0 Å². The molecule has 0 amide bonds. The molecule has 156 valence electrons. The number of ether oxygens (including phenoxy) is 1. The number of halogens is 1. The predicted octanol–water partition coefficient (Wildman–Crippen LogP) is 4.02. The SMILES string of the molecule is CN=C(NCCCCCCCN(C)C)NCCCOC1CCCCC1.I. The molecule has 0 aliphatic heterocycles. The summed E-state index contributed by atoms with van der Waals surface area (Å²) in [5, 5.41) is 6.79. The minimum atomic E-state index is 0. The van der Waals surface area contributed by atoms with Crippen LogP contribution in [0, 0.1) is 0 Å². The standard InChI is InChI=1S/C20H42N4O.HI/c1-21-20(22-15-10-5-4-6-11-17-24(2)3)23-16-12-18-25-19-13-8-7-9-14-19;/h19H,4-18H2,1-3H3,(H2,21,22,23);1H. The first kappa shape index (κ1) is 25.9. The average molecular weight is 482 g/mol. The second-order valence-corrected chi connectivity index (χ2v) is 7.48. The molecule has 0 heterocycles. The van der Waals surface area contributed by atoms with E-state index in [1.807, 2.05) is 7.05 Å². The van der Waals surface area contributed by atoms with Crippen LogP contribution < -0.4 is 10.6 Å². The second kappa shape index (κ2) is 18.3. The van der Waals surface area contributed by atoms with Gasteiger partial charge in [0.2, 0.25) is 0 Å². The van der Waals surface area contributed by atoms with Crippen molar-refractivity contribution in [3.8, 4) is 0 Å². The summed E-state index contributed by atoms with van der Waals surface area (Å²) in [5.74, 6) is 0.922. The van der Waals surface area contributed by atoms with Gasteiger partial charge in [-0.1, -0.05) is 38.5 Å². The van der Waals surface area contributed by atoms with Crippen molar-refractivity contribution in [2.45, 2.75) is 76.7 Å². The fourth-order valence-electron chi connectivity index (χ4n) is 3.27. The lowest BCUT2D eigenvalue weighted by Crippen LogP contribution is -2.38. The van der Waals surface area contributed by atoms with Crippen LogP contribution in [-0.2, 0) is 4.74 Å². The lowest BCUT2D eigenvalue weighted by atomic mass is 9.98. The Kier molecular flexibility index (Phi) is 18.2. The average Bonchev–Trinajstić information content (AvgIpc) is 2.62. The molecule has 0 radical (unpaired) electrons. The maximum atomic E-state index is 5.96. The smallest absolute Gasteiger partial charge is 0.190 e. The van der Waals surface area contributed by atoms with Gasteiger partial charge < -0.3 is 20.3 Å². The molecule has 0 aromatic rings. The van der Waals surface area contributed by atoms with Crippen molar-refractivity contribution in [2.24, 2.45) is 4.99 Å². The van der Waals surface area contributed by atoms with Crippen molar-refractivity contribution in [1.82, 2.24) is 15.5 Å². The van der Waals surface area contributed by atoms with Crippen molar-refractivity contribution < 1.29 is 4.74 Å². The topological polar surface area (TPSA) is 48.9 Å². The molecule has 6 heteroatoms. The number of aliphatic imine (C=N–C) groups is 1. The van der Waals surface area contributed by atoms with E-state index in [-0.39, 0.29) is 24.0 Å². The molecular formula is C20H43IN4O. The highest BCUT2D eigenvalue weighted by Crippen LogP contribution is 2.20. The first-order valence-electron chi connectivity index (χ1n) is 10.4. The minimum Gasteiger partial charge on any atom is -0.378 e. The summed E-state index contributed by atoms with van der Waals surface area (Å²) in [4.78, 5) is 6.55. The van der Waals surface area contributed by atoms with Crippen molar-refractivity contribution >= 4 is 29.9 Å². The predicted molar refractivity (Wildman–Crippen MR) is 124 cm³/mol. The lowest BCUT2D eigenvalue weighted by Gasteiger charge is -2.22. The summed E-state index contributed by atoms with van der Waals surface area (Å²) in [5.41, 5.74) is 0. The van der Waals surface area contributed by atoms with Gasteiger partial charge in [0.25, 0.3) is 0 Å². The monoisotopic (exact) mass is 482 g/mol. The fourth-order valence-corrected chi connectivity index (χ4v) is 3.27. The molecule has 0 bridgehead atoms. The highest BCUT2D eigenvalue weighted by Gasteiger charge is 2.12. The molecule has 1 fully saturated rings. The van der Waals surface area contributed by atoms with Crippen molar-refractivity contribution in [2.75, 3.05) is 47.4 Å². The Morgan fingerprint density at radius 3 is 2.19 bits per heavy atom. The zero-order chi connectivity index (χ0) is 18.2. The minimum absolute atomic E-state index is 0. The summed E-state index contributed by atoms with van der Waals surface area (Å²) < 4.78 is 5.96. The van der Waals surface area contributed by atoms with Gasteiger partial charge in [-0.25, -0.2) is 0 Å². The van der Waals surface area contributed by atoms with Gasteiger partial charge >= 0.3 is 0 Å². The number of rotatable bonds is 13. The van der Waals surface area contributed by atoms with Gasteiger partial charge in [-0.2, -0.15) is 0 Å². The Bertz CT molecular complexity index is 334. The third kappa shape index (κ3) is 15.0. The van der Waals surface area contributed by atoms with Gasteiger partial charge in [0.1, 0.15) is 0 Å². The molecular weight excluding hydrogens is 439 g/mol. The molecule has 0 aromatic heterocycles. The Morgan fingerprint density at radius 2 is 1.54 bits per heavy atom. The van der Waals surface area contributed by atoms with Crippen LogP contribution in [0.4, 0.5) is 0 Å². The summed E-state index contributed by atoms with van der Waals surface area (Å²) >= 11 is 0. The van der Waals surface area contributed by atoms with Crippen LogP contribution in [-0.4, -0.2) is 64.3 Å². The summed E-state index contributed by atoms with van der Waals surface area (Å²) in [7, 11) is 6.13. The summed E-state index contributed by atoms with van der Waals surface area (Å²) in [6.45, 7) is 4.00. The van der Waals surface area contributed by atoms with Crippen LogP contribution in [0.3, 0.4) is 0 Å². The van der Waals surface area contributed by atoms with Crippen LogP contribution >= 0.6 is 24.0 Å². The van der Waals surface area contributed by atoms with E-state index in [1.165, 1.54) is 70.8 Å². The van der Waals surface area contributed by atoms with Gasteiger partial charge in [-0.3, -0.25) is 4.99 Å². The summed E-state index contributed by atoms with van der Waals surface area (Å²) in [6.07, 6.45) is 14.6. The Morgan fingerprint density at radius 1 is 0.923 bits per heavy atom. The van der Waals surface area contributed by atoms with Crippen LogP contribution in [0.25, 0.3) is 0 Å². The molecule has 5 nitrogen and oxygen atoms in total. The van der Waals surface area contributed by atoms with Gasteiger partial charge in [0.15, 0.2) is 5.96 Å². The third-order valence-electron chi connectivity index (χ3n) is 4.82. The molecule has 0 spiro atoms. The zero-order valence-corrected chi connectivity index (χ0v) is 19.7. The van der Waals surface area contributed by atoms with Crippen LogP contribution in [0.5, 0.6) is 0 Å². The largest absolute Gasteiger partial charge is 0.378 e. The van der Waals surface area contributed by atoms with E-state index >= 15 is 0 Å². The van der Waals surface area contributed by atoms with Gasteiger partial charge in [0, 0.05) is 26.7 Å². The van der Waals surface area contributed by atoms with E-state index in [0.29, 0.717) is 6.10 Å². The molecule has 2 N–H and O–H groups in total. The number of hydrogen-bond donors (Lipinski definition) is 2. The van der Waals surface area contributed by atoms with Crippen LogP contribution in [0.15, 0.2) is 4.99 Å². The molecule has 1 saturated carbocycles. The quantitative estimate of drug-likeness (QED) is 0.180. The molecule has 0 saturated heterocycles. The normalized spacial score (nSPS) is 15.8. The van der Waals surface area contributed by atoms with E-state index in [1.54, 1.807) is 0 Å². The third-order valence-corrected chi connectivity index (χ3v) is 4.82. The maximum Gasteiger partial charge on any atom is 0.190 e. The molecule has 0 aromatic carbocycles. The van der Waals surface area contributed by atoms with E-state index in [0.717, 1.165) is 32.1 Å². The van der Waals surface area contributed by atoms with Crippen LogP contribution in [0.2, 0.25) is 0 Å². The first-order valence-corrected chi connectivity index (χ1v) is 10.4. The van der Waals surface area contributed by atoms with Crippen molar-refractivity contribution in [3.63, 3.8) is 0 Å². The Labute approximate surface area is 179 Å². The lowest BCUT2D eigenvalue weighted by molar-refractivity contribution is 0.0277. The maximum absolute atomic E-state index is 5.96. The number of unbranched alkanes of at least 4 members (excludes halogenated alkanes) is 4. The Hall–Kier alpha value is -0.0800. The number of nitrogens with one attached hydrogen (secondary N) is 2. The molecule has 1 rings (SSSR count). The molecule has 1 aliphatic rings. The summed E-state index contributed by atoms with van der Waals surface area (Å²) in [6, 6.07) is 0. The molecule has 1 aliphatic carbocycles. The second-order valence-electron chi connectivity index (χ2n) is 7.48. The Balaban J connectivity index is 0.00000625. The first-order chi connectivity index (χ1) is 12.2. The van der Waals surface area contributed by atoms with Gasteiger partial charge in [-0.05, 0) is 52.7 Å². The van der Waals surface area contributed by atoms with Crippen molar-refractivity contribution in [1.29, 1.82) is 0 Å². The van der Waals surface area contributed by atoms with Gasteiger partial charge in [-0.15, -0.1) is 24.0 Å². The van der Waals surface area contributed by atoms with Crippen molar-refractivity contribution in [3.05, 3.63) is 0 Å². The fraction of sp³-hybridized carbons (Fsp3) is 0.950. The zero-order valence-electron chi connectivity index (χ0n) is 17.4. The molecule has 0 atom stereocenters.